The molecule has 0 fully saturated rings. The molecule has 0 aliphatic heterocycles. The largest absolute Gasteiger partial charge is 0.488 e. The average Bonchev–Trinajstić information content (AvgIpc) is 2.81. The second-order valence-electron chi connectivity index (χ2n) is 8.59. The number of urea groups is 1. The second kappa shape index (κ2) is 10.4. The van der Waals surface area contributed by atoms with Gasteiger partial charge in [0, 0.05) is 22.9 Å². The van der Waals surface area contributed by atoms with Gasteiger partial charge < -0.3 is 25.5 Å². The fourth-order valence-corrected chi connectivity index (χ4v) is 3.50. The summed E-state index contributed by atoms with van der Waals surface area (Å²) < 4.78 is 60.8. The molecule has 3 rings (SSSR count). The van der Waals surface area contributed by atoms with Crippen LogP contribution in [0, 0.1) is 5.82 Å². The van der Waals surface area contributed by atoms with Crippen molar-refractivity contribution in [2.45, 2.75) is 32.4 Å². The molecule has 11 heteroatoms. The van der Waals surface area contributed by atoms with Crippen LogP contribution in [0.3, 0.4) is 0 Å². The molecular weight excluding hydrogens is 482 g/mol. The smallest absolute Gasteiger partial charge is 0.416 e. The van der Waals surface area contributed by atoms with Gasteiger partial charge in [-0.3, -0.25) is 4.79 Å². The van der Waals surface area contributed by atoms with Gasteiger partial charge in [-0.2, -0.15) is 13.2 Å². The summed E-state index contributed by atoms with van der Waals surface area (Å²) in [4.78, 5) is 26.6. The van der Waals surface area contributed by atoms with Gasteiger partial charge in [-0.15, -0.1) is 0 Å². The van der Waals surface area contributed by atoms with Crippen LogP contribution in [0.4, 0.5) is 33.7 Å². The number of aromatic amines is 1. The van der Waals surface area contributed by atoms with Gasteiger partial charge >= 0.3 is 12.2 Å². The third-order valence-electron chi connectivity index (χ3n) is 5.43. The van der Waals surface area contributed by atoms with E-state index in [9.17, 15) is 32.3 Å². The molecule has 0 aliphatic carbocycles. The zero-order valence-electron chi connectivity index (χ0n) is 19.7. The number of alkyl halides is 3. The highest BCUT2D eigenvalue weighted by Gasteiger charge is 2.38. The fraction of sp³-hybridized carbons (Fsp3) is 0.280. The Hall–Kier alpha value is -3.86. The Kier molecular flexibility index (Phi) is 7.73. The molecule has 4 N–H and O–H groups in total. The van der Waals surface area contributed by atoms with E-state index in [1.807, 2.05) is 0 Å². The maximum absolute atomic E-state index is 14.7. The molecule has 0 aliphatic rings. The van der Waals surface area contributed by atoms with E-state index in [4.69, 9.17) is 4.74 Å². The molecule has 7 nitrogen and oxygen atoms in total. The van der Waals surface area contributed by atoms with Crippen molar-refractivity contribution in [2.75, 3.05) is 23.8 Å². The first-order valence-corrected chi connectivity index (χ1v) is 10.9. The number of amides is 2. The molecule has 2 amide bonds. The lowest BCUT2D eigenvalue weighted by atomic mass is 9.82. The number of H-pyrrole nitrogens is 1. The number of carbonyl (C=O) groups is 1. The lowest BCUT2D eigenvalue weighted by molar-refractivity contribution is -0.138. The van der Waals surface area contributed by atoms with Gasteiger partial charge in [-0.1, -0.05) is 26.0 Å². The number of aliphatic hydroxyl groups is 1. The lowest BCUT2D eigenvalue weighted by Gasteiger charge is -2.27. The first-order valence-electron chi connectivity index (χ1n) is 10.9. The molecule has 3 aromatic rings. The van der Waals surface area contributed by atoms with Crippen molar-refractivity contribution in [3.05, 3.63) is 76.0 Å². The summed E-state index contributed by atoms with van der Waals surface area (Å²) in [5.74, 6) is -0.730. The first-order chi connectivity index (χ1) is 16.9. The topological polar surface area (TPSA) is 103 Å². The Balaban J connectivity index is 1.80. The minimum Gasteiger partial charge on any atom is -0.488 e. The van der Waals surface area contributed by atoms with Crippen molar-refractivity contribution in [2.24, 2.45) is 0 Å². The number of anilines is 2. The number of nitrogens with one attached hydrogen (secondary N) is 3. The number of halogens is 4. The van der Waals surface area contributed by atoms with Gasteiger partial charge in [0.2, 0.25) is 0 Å². The monoisotopic (exact) mass is 507 g/mol. The van der Waals surface area contributed by atoms with Gasteiger partial charge in [-0.25, -0.2) is 9.18 Å². The number of rotatable bonds is 7. The standard InChI is InChI=1S/C25H25F4N3O4/c1-4-36-21-10-15(12-30-22(21)34)14-5-8-20(19(26)9-14)32-23(35)31-16-6-7-17(24(2,3)13-33)18(11-16)25(27,28)29/h5-12,33H,4,13H2,1-3H3,(H,30,34)(H2,31,32,35). The highest BCUT2D eigenvalue weighted by molar-refractivity contribution is 6.00. The molecule has 0 atom stereocenters. The Morgan fingerprint density at radius 2 is 1.75 bits per heavy atom. The van der Waals surface area contributed by atoms with Crippen molar-refractivity contribution in [1.82, 2.24) is 4.98 Å². The summed E-state index contributed by atoms with van der Waals surface area (Å²) in [6.07, 6.45) is -3.33. The van der Waals surface area contributed by atoms with Crippen molar-refractivity contribution in [3.63, 3.8) is 0 Å². The van der Waals surface area contributed by atoms with Crippen LogP contribution in [0.1, 0.15) is 31.9 Å². The summed E-state index contributed by atoms with van der Waals surface area (Å²) in [5.41, 5.74) is -2.22. The van der Waals surface area contributed by atoms with E-state index in [1.165, 1.54) is 50.4 Å². The summed E-state index contributed by atoms with van der Waals surface area (Å²) >= 11 is 0. The molecular formula is C25H25F4N3O4. The van der Waals surface area contributed by atoms with Gasteiger partial charge in [0.15, 0.2) is 5.75 Å². The Bertz CT molecular complexity index is 1320. The first kappa shape index (κ1) is 26.7. The summed E-state index contributed by atoms with van der Waals surface area (Å²) in [7, 11) is 0. The molecule has 36 heavy (non-hydrogen) atoms. The van der Waals surface area contributed by atoms with Crippen LogP contribution in [0.2, 0.25) is 0 Å². The molecule has 1 heterocycles. The highest BCUT2D eigenvalue weighted by atomic mass is 19.4. The fourth-order valence-electron chi connectivity index (χ4n) is 3.50. The quantitative estimate of drug-likeness (QED) is 0.317. The van der Waals surface area contributed by atoms with Gasteiger partial charge in [-0.05, 0) is 48.4 Å². The van der Waals surface area contributed by atoms with E-state index in [0.29, 0.717) is 11.1 Å². The zero-order chi connectivity index (χ0) is 26.7. The van der Waals surface area contributed by atoms with Crippen molar-refractivity contribution in [1.29, 1.82) is 0 Å². The zero-order valence-corrected chi connectivity index (χ0v) is 19.7. The van der Waals surface area contributed by atoms with Crippen LogP contribution in [0.5, 0.6) is 5.75 Å². The number of hydrogen-bond acceptors (Lipinski definition) is 4. The van der Waals surface area contributed by atoms with Crippen LogP contribution in [0.25, 0.3) is 11.1 Å². The van der Waals surface area contributed by atoms with Crippen molar-refractivity contribution in [3.8, 4) is 16.9 Å². The molecule has 1 aromatic heterocycles. The number of hydrogen-bond donors (Lipinski definition) is 4. The van der Waals surface area contributed by atoms with E-state index in [-0.39, 0.29) is 29.3 Å². The molecule has 192 valence electrons. The van der Waals surface area contributed by atoms with Crippen molar-refractivity contribution < 1.29 is 32.2 Å². The Morgan fingerprint density at radius 3 is 2.36 bits per heavy atom. The van der Waals surface area contributed by atoms with E-state index >= 15 is 0 Å². The van der Waals surface area contributed by atoms with Crippen LogP contribution >= 0.6 is 0 Å². The number of aromatic nitrogens is 1. The molecule has 2 aromatic carbocycles. The van der Waals surface area contributed by atoms with Crippen LogP contribution < -0.4 is 20.9 Å². The highest BCUT2D eigenvalue weighted by Crippen LogP contribution is 2.39. The van der Waals surface area contributed by atoms with E-state index in [0.717, 1.165) is 12.1 Å². The summed E-state index contributed by atoms with van der Waals surface area (Å²) in [6.45, 7) is 4.41. The molecule has 0 spiro atoms. The maximum Gasteiger partial charge on any atom is 0.416 e. The van der Waals surface area contributed by atoms with E-state index in [1.54, 1.807) is 6.92 Å². The van der Waals surface area contributed by atoms with Crippen LogP contribution in [-0.4, -0.2) is 29.3 Å². The Morgan fingerprint density at radius 1 is 1.03 bits per heavy atom. The lowest BCUT2D eigenvalue weighted by Crippen LogP contribution is -2.27. The van der Waals surface area contributed by atoms with E-state index in [2.05, 4.69) is 15.6 Å². The number of benzene rings is 2. The van der Waals surface area contributed by atoms with Crippen molar-refractivity contribution >= 4 is 17.4 Å². The minimum absolute atomic E-state index is 0.0728. The van der Waals surface area contributed by atoms with Crippen LogP contribution in [-0.2, 0) is 11.6 Å². The molecule has 0 bridgehead atoms. The number of ether oxygens (including phenoxy) is 1. The summed E-state index contributed by atoms with van der Waals surface area (Å²) in [6, 6.07) is 7.63. The second-order valence-corrected chi connectivity index (χ2v) is 8.59. The van der Waals surface area contributed by atoms with Gasteiger partial charge in [0.1, 0.15) is 5.82 Å². The third-order valence-corrected chi connectivity index (χ3v) is 5.43. The molecule has 0 radical (unpaired) electrons. The Labute approximate surface area is 204 Å². The number of carbonyl (C=O) groups excluding carboxylic acids is 1. The van der Waals surface area contributed by atoms with E-state index < -0.39 is 41.2 Å². The third kappa shape index (κ3) is 6.03. The predicted octanol–water partition coefficient (Wildman–Crippen LogP) is 5.51. The summed E-state index contributed by atoms with van der Waals surface area (Å²) in [5, 5.41) is 14.0. The van der Waals surface area contributed by atoms with Gasteiger partial charge in [0.25, 0.3) is 5.56 Å². The predicted molar refractivity (Wildman–Crippen MR) is 128 cm³/mol. The molecule has 0 saturated heterocycles. The normalized spacial score (nSPS) is 11.8. The maximum atomic E-state index is 14.7. The van der Waals surface area contributed by atoms with Gasteiger partial charge in [0.05, 0.1) is 24.5 Å². The van der Waals surface area contributed by atoms with Crippen LogP contribution in [0.15, 0.2) is 53.5 Å². The number of pyridine rings is 1. The minimum atomic E-state index is -4.72. The molecule has 0 unspecified atom stereocenters. The number of aliphatic hydroxyl groups excluding tert-OH is 1. The average molecular weight is 507 g/mol. The SMILES string of the molecule is CCOc1cc(-c2ccc(NC(=O)Nc3ccc(C(C)(C)CO)c(C(F)(F)F)c3)c(F)c2)c[nH]c1=O. The molecule has 0 saturated carbocycles.